The molecule has 1 aromatic rings. The topological polar surface area (TPSA) is 66.5 Å². The van der Waals surface area contributed by atoms with Crippen molar-refractivity contribution in [3.8, 4) is 0 Å². The Morgan fingerprint density at radius 2 is 1.69 bits per heavy atom. The van der Waals surface area contributed by atoms with Gasteiger partial charge in [0.2, 0.25) is 15.9 Å². The fourth-order valence-corrected chi connectivity index (χ4v) is 9.19. The molecule has 7 heteroatoms. The standard InChI is InChI=1S/C22H31BrN2O3S/c1-3-25(4-2)29(27,28)19-7-5-16(6-8-19)14-24-20(26)21-10-17-9-18(11-21)13-22(23,12-17)15-21/h5-8,17-18H,3-4,9-15H2,1-2H3,(H,24,26). The molecule has 0 saturated heterocycles. The summed E-state index contributed by atoms with van der Waals surface area (Å²) >= 11 is 3.97. The van der Waals surface area contributed by atoms with Crippen molar-refractivity contribution in [3.05, 3.63) is 29.8 Å². The second kappa shape index (κ2) is 7.65. The number of benzene rings is 1. The molecule has 2 atom stereocenters. The van der Waals surface area contributed by atoms with Crippen LogP contribution in [0.5, 0.6) is 0 Å². The van der Waals surface area contributed by atoms with Gasteiger partial charge in [-0.25, -0.2) is 8.42 Å². The van der Waals surface area contributed by atoms with Gasteiger partial charge in [-0.2, -0.15) is 4.31 Å². The predicted octanol–water partition coefficient (Wildman–Crippen LogP) is 4.07. The number of nitrogens with one attached hydrogen (secondary N) is 1. The SMILES string of the molecule is CCN(CC)S(=O)(=O)c1ccc(CNC(=O)C23CC4CC(CC(Br)(C4)C2)C3)cc1. The molecule has 4 aliphatic carbocycles. The zero-order chi connectivity index (χ0) is 20.9. The van der Waals surface area contributed by atoms with Crippen molar-refractivity contribution >= 4 is 31.9 Å². The Bertz CT molecular complexity index is 866. The highest BCUT2D eigenvalue weighted by atomic mass is 79.9. The molecule has 0 spiro atoms. The Morgan fingerprint density at radius 3 is 2.21 bits per heavy atom. The minimum absolute atomic E-state index is 0.162. The summed E-state index contributed by atoms with van der Waals surface area (Å²) in [5, 5.41) is 3.16. The molecule has 4 aliphatic rings. The molecule has 160 valence electrons. The highest BCUT2D eigenvalue weighted by molar-refractivity contribution is 9.10. The van der Waals surface area contributed by atoms with Crippen molar-refractivity contribution in [3.63, 3.8) is 0 Å². The van der Waals surface area contributed by atoms with Crippen LogP contribution >= 0.6 is 15.9 Å². The van der Waals surface area contributed by atoms with E-state index in [1.807, 2.05) is 26.0 Å². The van der Waals surface area contributed by atoms with Gasteiger partial charge in [-0.15, -0.1) is 0 Å². The molecule has 5 rings (SSSR count). The lowest BCUT2D eigenvalue weighted by molar-refractivity contribution is -0.144. The van der Waals surface area contributed by atoms with Gasteiger partial charge in [-0.05, 0) is 68.1 Å². The average Bonchev–Trinajstić information content (AvgIpc) is 2.65. The number of halogens is 1. The Morgan fingerprint density at radius 1 is 1.10 bits per heavy atom. The first-order chi connectivity index (χ1) is 13.7. The third kappa shape index (κ3) is 3.90. The minimum Gasteiger partial charge on any atom is -0.352 e. The lowest BCUT2D eigenvalue weighted by Gasteiger charge is -2.59. The zero-order valence-electron chi connectivity index (χ0n) is 17.3. The first-order valence-electron chi connectivity index (χ1n) is 10.8. The van der Waals surface area contributed by atoms with E-state index >= 15 is 0 Å². The normalized spacial score (nSPS) is 33.2. The van der Waals surface area contributed by atoms with Crippen molar-refractivity contribution in [2.45, 2.75) is 68.1 Å². The minimum atomic E-state index is -3.45. The fraction of sp³-hybridized carbons (Fsp3) is 0.682. The largest absolute Gasteiger partial charge is 0.352 e. The maximum absolute atomic E-state index is 13.2. The van der Waals surface area contributed by atoms with Crippen molar-refractivity contribution < 1.29 is 13.2 Å². The first-order valence-corrected chi connectivity index (χ1v) is 13.0. The van der Waals surface area contributed by atoms with Crippen LogP contribution in [0.3, 0.4) is 0 Å². The summed E-state index contributed by atoms with van der Waals surface area (Å²) in [7, 11) is -3.45. The van der Waals surface area contributed by atoms with Crippen LogP contribution in [0, 0.1) is 17.3 Å². The number of carbonyl (C=O) groups excluding carboxylic acids is 1. The quantitative estimate of drug-likeness (QED) is 0.595. The number of carbonyl (C=O) groups is 1. The van der Waals surface area contributed by atoms with E-state index in [4.69, 9.17) is 0 Å². The Kier molecular flexibility index (Phi) is 5.62. The van der Waals surface area contributed by atoms with Gasteiger partial charge in [0.15, 0.2) is 0 Å². The summed E-state index contributed by atoms with van der Waals surface area (Å²) in [6.45, 7) is 5.03. The average molecular weight is 483 g/mol. The van der Waals surface area contributed by atoms with Gasteiger partial charge >= 0.3 is 0 Å². The molecule has 2 unspecified atom stereocenters. The van der Waals surface area contributed by atoms with E-state index in [1.165, 1.54) is 23.6 Å². The number of alkyl halides is 1. The highest BCUT2D eigenvalue weighted by Gasteiger charge is 2.59. The van der Waals surface area contributed by atoms with Gasteiger partial charge in [0.1, 0.15) is 0 Å². The maximum Gasteiger partial charge on any atom is 0.243 e. The number of nitrogens with zero attached hydrogens (tertiary/aromatic N) is 1. The van der Waals surface area contributed by atoms with Crippen LogP contribution in [0.15, 0.2) is 29.2 Å². The summed E-state index contributed by atoms with van der Waals surface area (Å²) in [4.78, 5) is 13.5. The molecule has 5 nitrogen and oxygen atoms in total. The molecule has 1 aromatic carbocycles. The van der Waals surface area contributed by atoms with E-state index in [1.54, 1.807) is 12.1 Å². The summed E-state index contributed by atoms with van der Waals surface area (Å²) in [5.74, 6) is 1.52. The number of rotatable bonds is 7. The molecule has 0 aromatic heterocycles. The van der Waals surface area contributed by atoms with E-state index in [0.717, 1.165) is 24.8 Å². The van der Waals surface area contributed by atoms with Crippen LogP contribution in [0.25, 0.3) is 0 Å². The molecule has 1 amide bonds. The highest BCUT2D eigenvalue weighted by Crippen LogP contribution is 2.64. The third-order valence-corrected chi connectivity index (χ3v) is 10.2. The summed E-state index contributed by atoms with van der Waals surface area (Å²) in [6.07, 6.45) is 6.68. The van der Waals surface area contributed by atoms with E-state index in [2.05, 4.69) is 21.2 Å². The van der Waals surface area contributed by atoms with Crippen LogP contribution in [0.1, 0.15) is 57.9 Å². The second-order valence-corrected chi connectivity index (χ2v) is 12.9. The van der Waals surface area contributed by atoms with E-state index in [-0.39, 0.29) is 15.6 Å². The zero-order valence-corrected chi connectivity index (χ0v) is 19.7. The molecule has 0 heterocycles. The van der Waals surface area contributed by atoms with Gasteiger partial charge in [-0.1, -0.05) is 41.9 Å². The maximum atomic E-state index is 13.2. The number of hydrogen-bond donors (Lipinski definition) is 1. The van der Waals surface area contributed by atoms with Crippen molar-refractivity contribution in [2.24, 2.45) is 17.3 Å². The van der Waals surface area contributed by atoms with E-state index in [0.29, 0.717) is 36.4 Å². The molecule has 0 radical (unpaired) electrons. The van der Waals surface area contributed by atoms with Crippen LogP contribution in [-0.2, 0) is 21.4 Å². The monoisotopic (exact) mass is 482 g/mol. The molecular formula is C22H31BrN2O3S. The van der Waals surface area contributed by atoms with Gasteiger partial charge in [0.05, 0.1) is 10.3 Å². The lowest BCUT2D eigenvalue weighted by Crippen LogP contribution is -2.58. The van der Waals surface area contributed by atoms with Crippen LogP contribution in [-0.4, -0.2) is 36.0 Å². The second-order valence-electron chi connectivity index (χ2n) is 9.31. The van der Waals surface area contributed by atoms with Crippen molar-refractivity contribution in [1.82, 2.24) is 9.62 Å². The van der Waals surface area contributed by atoms with Gasteiger partial charge < -0.3 is 5.32 Å². The Balaban J connectivity index is 1.42. The van der Waals surface area contributed by atoms with Crippen molar-refractivity contribution in [2.75, 3.05) is 13.1 Å². The molecule has 4 saturated carbocycles. The third-order valence-electron chi connectivity index (χ3n) is 7.19. The predicted molar refractivity (Wildman–Crippen MR) is 117 cm³/mol. The first kappa shape index (κ1) is 21.3. The van der Waals surface area contributed by atoms with Crippen LogP contribution < -0.4 is 5.32 Å². The molecular weight excluding hydrogens is 452 g/mol. The Labute approximate surface area is 182 Å². The summed E-state index contributed by atoms with van der Waals surface area (Å²) in [6, 6.07) is 6.91. The van der Waals surface area contributed by atoms with Crippen LogP contribution in [0.2, 0.25) is 0 Å². The van der Waals surface area contributed by atoms with E-state index < -0.39 is 10.0 Å². The number of hydrogen-bond acceptors (Lipinski definition) is 3. The van der Waals surface area contributed by atoms with Gasteiger partial charge in [-0.3, -0.25) is 4.79 Å². The molecule has 0 aliphatic heterocycles. The smallest absolute Gasteiger partial charge is 0.243 e. The molecule has 4 fully saturated rings. The number of amides is 1. The molecule has 4 bridgehead atoms. The lowest BCUT2D eigenvalue weighted by atomic mass is 9.49. The van der Waals surface area contributed by atoms with E-state index in [9.17, 15) is 13.2 Å². The fourth-order valence-electron chi connectivity index (χ4n) is 6.28. The summed E-state index contributed by atoms with van der Waals surface area (Å²) in [5.41, 5.74) is 0.703. The summed E-state index contributed by atoms with van der Waals surface area (Å²) < 4.78 is 26.8. The Hall–Kier alpha value is -0.920. The molecule has 1 N–H and O–H groups in total. The number of sulfonamides is 1. The van der Waals surface area contributed by atoms with Gasteiger partial charge in [0, 0.05) is 24.0 Å². The molecule has 29 heavy (non-hydrogen) atoms. The van der Waals surface area contributed by atoms with Crippen molar-refractivity contribution in [1.29, 1.82) is 0 Å². The van der Waals surface area contributed by atoms with Gasteiger partial charge in [0.25, 0.3) is 0 Å². The van der Waals surface area contributed by atoms with Crippen LogP contribution in [0.4, 0.5) is 0 Å².